The van der Waals surface area contributed by atoms with E-state index in [-0.39, 0.29) is 11.9 Å². The minimum Gasteiger partial charge on any atom is -0.389 e. The van der Waals surface area contributed by atoms with Gasteiger partial charge in [-0.1, -0.05) is 0 Å². The van der Waals surface area contributed by atoms with Crippen LogP contribution in [0.3, 0.4) is 0 Å². The topological polar surface area (TPSA) is 58.1 Å². The Morgan fingerprint density at radius 2 is 2.00 bits per heavy atom. The number of nitrogens with zero attached hydrogens (tertiary/aromatic N) is 3. The van der Waals surface area contributed by atoms with Crippen molar-refractivity contribution in [2.24, 2.45) is 0 Å². The second-order valence-corrected chi connectivity index (χ2v) is 6.42. The maximum absolute atomic E-state index is 12.9. The number of aliphatic hydroxyl groups excluding tert-OH is 1. The third kappa shape index (κ3) is 5.11. The van der Waals surface area contributed by atoms with E-state index in [9.17, 15) is 9.50 Å². The normalized spacial score (nSPS) is 21.8. The lowest BCUT2D eigenvalue weighted by molar-refractivity contribution is -0.0642. The highest BCUT2D eigenvalue weighted by Gasteiger charge is 2.21. The SMILES string of the molecule is OC(COC1CCOCC1)CN1CCN(c2ccc(F)cn2)CC1. The minimum atomic E-state index is -0.469. The van der Waals surface area contributed by atoms with E-state index in [4.69, 9.17) is 9.47 Å². The summed E-state index contributed by atoms with van der Waals surface area (Å²) in [5.41, 5.74) is 0. The van der Waals surface area contributed by atoms with Crippen molar-refractivity contribution in [3.8, 4) is 0 Å². The van der Waals surface area contributed by atoms with Crippen LogP contribution < -0.4 is 4.90 Å². The smallest absolute Gasteiger partial charge is 0.141 e. The molecule has 7 heteroatoms. The Hall–Kier alpha value is -1.28. The Morgan fingerprint density at radius 3 is 2.67 bits per heavy atom. The molecule has 0 bridgehead atoms. The van der Waals surface area contributed by atoms with E-state index in [1.165, 1.54) is 12.3 Å². The van der Waals surface area contributed by atoms with Crippen LogP contribution in [0, 0.1) is 5.82 Å². The largest absolute Gasteiger partial charge is 0.389 e. The second-order valence-electron chi connectivity index (χ2n) is 6.42. The number of rotatable bonds is 6. The summed E-state index contributed by atoms with van der Waals surface area (Å²) in [4.78, 5) is 8.50. The van der Waals surface area contributed by atoms with Crippen LogP contribution in [0.25, 0.3) is 0 Å². The number of ether oxygens (including phenoxy) is 2. The van der Waals surface area contributed by atoms with Gasteiger partial charge in [0.25, 0.3) is 0 Å². The van der Waals surface area contributed by atoms with E-state index < -0.39 is 6.10 Å². The quantitative estimate of drug-likeness (QED) is 0.831. The molecule has 2 aliphatic rings. The first kappa shape index (κ1) is 17.5. The van der Waals surface area contributed by atoms with Crippen molar-refractivity contribution < 1.29 is 19.0 Å². The highest BCUT2D eigenvalue weighted by Crippen LogP contribution is 2.14. The molecule has 1 aromatic heterocycles. The van der Waals surface area contributed by atoms with Gasteiger partial charge in [-0.3, -0.25) is 4.90 Å². The van der Waals surface area contributed by atoms with Gasteiger partial charge in [0.2, 0.25) is 0 Å². The first-order valence-electron chi connectivity index (χ1n) is 8.67. The van der Waals surface area contributed by atoms with Gasteiger partial charge in [-0.05, 0) is 25.0 Å². The van der Waals surface area contributed by atoms with E-state index in [2.05, 4.69) is 14.8 Å². The molecule has 134 valence electrons. The molecule has 1 atom stereocenters. The zero-order valence-electron chi connectivity index (χ0n) is 13.9. The van der Waals surface area contributed by atoms with Gasteiger partial charge >= 0.3 is 0 Å². The van der Waals surface area contributed by atoms with Crippen LogP contribution in [-0.2, 0) is 9.47 Å². The molecule has 0 spiro atoms. The van der Waals surface area contributed by atoms with Crippen LogP contribution >= 0.6 is 0 Å². The van der Waals surface area contributed by atoms with Gasteiger partial charge in [0, 0.05) is 45.9 Å². The molecule has 3 heterocycles. The number of piperazine rings is 1. The van der Waals surface area contributed by atoms with E-state index in [0.29, 0.717) is 13.2 Å². The number of aromatic nitrogens is 1. The molecule has 3 rings (SSSR count). The third-order valence-corrected chi connectivity index (χ3v) is 4.57. The van der Waals surface area contributed by atoms with Gasteiger partial charge in [0.1, 0.15) is 11.6 Å². The summed E-state index contributed by atoms with van der Waals surface area (Å²) in [7, 11) is 0. The standard InChI is InChI=1S/C17H26FN3O3/c18-14-1-2-17(19-11-14)21-7-5-20(6-8-21)12-15(22)13-24-16-3-9-23-10-4-16/h1-2,11,15-16,22H,3-10,12-13H2. The highest BCUT2D eigenvalue weighted by atomic mass is 19.1. The van der Waals surface area contributed by atoms with Gasteiger partial charge in [0.15, 0.2) is 0 Å². The van der Waals surface area contributed by atoms with Gasteiger partial charge in [0.05, 0.1) is 25.0 Å². The summed E-state index contributed by atoms with van der Waals surface area (Å²) in [6.45, 7) is 5.86. The van der Waals surface area contributed by atoms with E-state index in [1.54, 1.807) is 6.07 Å². The van der Waals surface area contributed by atoms with E-state index in [0.717, 1.165) is 58.1 Å². The Balaban J connectivity index is 1.36. The number of pyridine rings is 1. The average molecular weight is 339 g/mol. The summed E-state index contributed by atoms with van der Waals surface area (Å²) in [5.74, 6) is 0.490. The fourth-order valence-electron chi connectivity index (χ4n) is 3.16. The second kappa shape index (κ2) is 8.71. The molecule has 0 radical (unpaired) electrons. The Bertz CT molecular complexity index is 488. The van der Waals surface area contributed by atoms with E-state index in [1.807, 2.05) is 0 Å². The van der Waals surface area contributed by atoms with Crippen molar-refractivity contribution in [3.63, 3.8) is 0 Å². The summed E-state index contributed by atoms with van der Waals surface area (Å²) >= 11 is 0. The number of hydrogen-bond donors (Lipinski definition) is 1. The predicted octanol–water partition coefficient (Wildman–Crippen LogP) is 0.899. The molecule has 0 saturated carbocycles. The molecule has 0 aliphatic carbocycles. The molecule has 6 nitrogen and oxygen atoms in total. The summed E-state index contributed by atoms with van der Waals surface area (Å²) in [6.07, 6.45) is 2.82. The van der Waals surface area contributed by atoms with Gasteiger partial charge in [-0.25, -0.2) is 9.37 Å². The summed E-state index contributed by atoms with van der Waals surface area (Å²) in [5, 5.41) is 10.2. The number of halogens is 1. The number of β-amino-alcohol motifs (C(OH)–C–C–N with tert-alkyl or cyclic N) is 1. The van der Waals surface area contributed by atoms with Crippen LogP contribution in [0.4, 0.5) is 10.2 Å². The molecular formula is C17H26FN3O3. The van der Waals surface area contributed by atoms with Crippen molar-refractivity contribution in [1.29, 1.82) is 0 Å². The minimum absolute atomic E-state index is 0.217. The molecular weight excluding hydrogens is 313 g/mol. The Labute approximate surface area is 142 Å². The fraction of sp³-hybridized carbons (Fsp3) is 0.706. The molecule has 24 heavy (non-hydrogen) atoms. The molecule has 0 aromatic carbocycles. The summed E-state index contributed by atoms with van der Waals surface area (Å²) < 4.78 is 24.0. The first-order valence-corrected chi connectivity index (χ1v) is 8.67. The predicted molar refractivity (Wildman–Crippen MR) is 88.6 cm³/mol. The van der Waals surface area contributed by atoms with E-state index >= 15 is 0 Å². The molecule has 0 amide bonds. The molecule has 2 fully saturated rings. The zero-order valence-corrected chi connectivity index (χ0v) is 13.9. The molecule has 2 saturated heterocycles. The summed E-state index contributed by atoms with van der Waals surface area (Å²) in [6, 6.07) is 3.15. The number of hydrogen-bond acceptors (Lipinski definition) is 6. The molecule has 2 aliphatic heterocycles. The van der Waals surface area contributed by atoms with Crippen molar-refractivity contribution in [2.75, 3.05) is 57.4 Å². The highest BCUT2D eigenvalue weighted by molar-refractivity contribution is 5.38. The lowest BCUT2D eigenvalue weighted by atomic mass is 10.1. The van der Waals surface area contributed by atoms with Crippen molar-refractivity contribution >= 4 is 5.82 Å². The Kier molecular flexibility index (Phi) is 6.37. The Morgan fingerprint density at radius 1 is 1.25 bits per heavy atom. The lowest BCUT2D eigenvalue weighted by Gasteiger charge is -2.36. The first-order chi connectivity index (χ1) is 11.7. The number of aliphatic hydroxyl groups is 1. The zero-order chi connectivity index (χ0) is 16.8. The van der Waals surface area contributed by atoms with Crippen LogP contribution in [0.5, 0.6) is 0 Å². The monoisotopic (exact) mass is 339 g/mol. The van der Waals surface area contributed by atoms with Gasteiger partial charge < -0.3 is 19.5 Å². The maximum Gasteiger partial charge on any atom is 0.141 e. The van der Waals surface area contributed by atoms with Crippen molar-refractivity contribution in [2.45, 2.75) is 25.0 Å². The lowest BCUT2D eigenvalue weighted by Crippen LogP contribution is -2.49. The fourth-order valence-corrected chi connectivity index (χ4v) is 3.16. The van der Waals surface area contributed by atoms with Crippen LogP contribution in [0.15, 0.2) is 18.3 Å². The average Bonchev–Trinajstić information content (AvgIpc) is 2.62. The number of anilines is 1. The third-order valence-electron chi connectivity index (χ3n) is 4.57. The molecule has 1 N–H and O–H groups in total. The van der Waals surface area contributed by atoms with Crippen molar-refractivity contribution in [3.05, 3.63) is 24.1 Å². The van der Waals surface area contributed by atoms with Crippen molar-refractivity contribution in [1.82, 2.24) is 9.88 Å². The molecule has 1 unspecified atom stereocenters. The van der Waals surface area contributed by atoms with Gasteiger partial charge in [-0.15, -0.1) is 0 Å². The van der Waals surface area contributed by atoms with Crippen LogP contribution in [0.2, 0.25) is 0 Å². The van der Waals surface area contributed by atoms with Crippen LogP contribution in [-0.4, -0.2) is 79.7 Å². The van der Waals surface area contributed by atoms with Gasteiger partial charge in [-0.2, -0.15) is 0 Å². The molecule has 1 aromatic rings. The van der Waals surface area contributed by atoms with Crippen LogP contribution in [0.1, 0.15) is 12.8 Å². The maximum atomic E-state index is 12.9.